The highest BCUT2D eigenvalue weighted by Crippen LogP contribution is 2.30. The highest BCUT2D eigenvalue weighted by molar-refractivity contribution is 5.98. The van der Waals surface area contributed by atoms with E-state index in [4.69, 9.17) is 32.1 Å². The number of ketones is 2. The van der Waals surface area contributed by atoms with Crippen molar-refractivity contribution in [2.75, 3.05) is 63.7 Å². The van der Waals surface area contributed by atoms with Crippen LogP contribution in [0.5, 0.6) is 0 Å². The molecule has 88 heavy (non-hydrogen) atoms. The summed E-state index contributed by atoms with van der Waals surface area (Å²) < 4.78 is 11.0. The first-order valence-electron chi connectivity index (χ1n) is 29.1. The minimum atomic E-state index is -1.35. The Morgan fingerprint density at radius 1 is 0.670 bits per heavy atom. The van der Waals surface area contributed by atoms with Crippen LogP contribution in [0.4, 0.5) is 22.7 Å². The number of aliphatic imine (C=N–C) groups is 2. The molecule has 6 amide bonds. The number of unbranched alkanes of at least 4 members (excludes halogenated alkanes) is 3. The van der Waals surface area contributed by atoms with Crippen LogP contribution >= 0.6 is 0 Å². The van der Waals surface area contributed by atoms with Gasteiger partial charge in [0.2, 0.25) is 29.5 Å². The van der Waals surface area contributed by atoms with Crippen molar-refractivity contribution in [3.63, 3.8) is 0 Å². The largest absolute Gasteiger partial charge is 0.422 e. The number of carbonyl (C=O) groups excluding carboxylic acids is 8. The highest BCUT2D eigenvalue weighted by Gasteiger charge is 2.31. The molecule has 3 rings (SSSR count). The van der Waals surface area contributed by atoms with Crippen LogP contribution < -0.4 is 70.7 Å². The lowest BCUT2D eigenvalue weighted by molar-refractivity contribution is -0.393. The number of nitro benzene ring substituents is 2. The van der Waals surface area contributed by atoms with E-state index >= 15 is 0 Å². The number of nitrogens with zero attached hydrogens (tertiary/aromatic N) is 5. The van der Waals surface area contributed by atoms with Gasteiger partial charge in [-0.25, -0.2) is 4.79 Å². The molecule has 0 spiro atoms. The molecule has 6 atom stereocenters. The number of fused-ring (bicyclic) bond motifs is 1. The molecule has 4 unspecified atom stereocenters. The number of carbonyl (C=O) groups is 8. The molecule has 3 aromatic rings. The van der Waals surface area contributed by atoms with Crippen molar-refractivity contribution in [2.45, 2.75) is 148 Å². The quantitative estimate of drug-likeness (QED) is 0.00962. The van der Waals surface area contributed by atoms with Gasteiger partial charge in [-0.2, -0.15) is 0 Å². The van der Waals surface area contributed by atoms with Crippen molar-refractivity contribution >= 4 is 92.6 Å². The zero-order valence-electron chi connectivity index (χ0n) is 50.8. The number of ether oxygens (including phenoxy) is 1. The number of nitrogens with one attached hydrogen (secondary N) is 7. The van der Waals surface area contributed by atoms with Crippen LogP contribution in [-0.2, 0) is 38.3 Å². The fraction of sp³-hybridized carbons (Fsp3) is 0.561. The zero-order chi connectivity index (χ0) is 65.5. The van der Waals surface area contributed by atoms with Crippen LogP contribution in [0.2, 0.25) is 0 Å². The van der Waals surface area contributed by atoms with Crippen molar-refractivity contribution in [3.8, 4) is 0 Å². The molecule has 0 aliphatic rings. The Morgan fingerprint density at radius 2 is 1.27 bits per heavy atom. The van der Waals surface area contributed by atoms with Gasteiger partial charge in [-0.05, 0) is 109 Å². The second-order valence-electron chi connectivity index (χ2n) is 21.2. The fourth-order valence-corrected chi connectivity index (χ4v) is 8.81. The first kappa shape index (κ1) is 73.0. The maximum atomic E-state index is 14.0. The lowest BCUT2D eigenvalue weighted by Gasteiger charge is -2.25. The van der Waals surface area contributed by atoms with Gasteiger partial charge >= 0.3 is 5.63 Å². The van der Waals surface area contributed by atoms with Gasteiger partial charge in [0.15, 0.2) is 17.7 Å². The van der Waals surface area contributed by atoms with Gasteiger partial charge < -0.3 is 74.2 Å². The van der Waals surface area contributed by atoms with E-state index in [1.807, 2.05) is 32.0 Å². The Morgan fingerprint density at radius 3 is 1.86 bits per heavy atom. The van der Waals surface area contributed by atoms with Gasteiger partial charge in [0, 0.05) is 88.8 Å². The van der Waals surface area contributed by atoms with Crippen LogP contribution in [0.1, 0.15) is 128 Å². The van der Waals surface area contributed by atoms with Crippen LogP contribution in [-0.4, -0.2) is 152 Å². The van der Waals surface area contributed by atoms with Crippen LogP contribution in [0.25, 0.3) is 11.0 Å². The molecule has 0 saturated heterocycles. The Kier molecular flexibility index (Phi) is 31.5. The summed E-state index contributed by atoms with van der Waals surface area (Å²) in [5.41, 5.74) is 20.7. The van der Waals surface area contributed by atoms with Gasteiger partial charge in [-0.3, -0.25) is 68.6 Å². The number of hydrogen-bond donors (Lipinski definition) is 11. The van der Waals surface area contributed by atoms with E-state index in [2.05, 4.69) is 47.2 Å². The average Bonchev–Trinajstić information content (AvgIpc) is 1.33. The molecule has 484 valence electrons. The standard InChI is InChI=1S/C57H86N16O15/c1-7-8-28-87-29-23-49(76)68-43(47(75)31-37(36(4)74)15-9-11-25-63-52(79)41-30-38-19-20-39(71(5)6)33-48(38)88-55(41)82)16-10-12-24-62-50(77)34(2)67-53(80)44(17-13-26-64-56(58)59)70-54(81)45(18-14-27-65-57(60)61)69-51(78)35(3)66-42-22-21-40(72(83)84)32-46(42)73(85)86/h19-22,30,32-35,37,43-45,66H,7-18,23-29,31H2,1-6H3,(H,62,77)(H,63,79)(H,67,80)(H,68,76)(H,69,78)(H,70,81)(H4,58,59,64)(H4,60,61,65)/t34?,35?,37-,43+,44?,45?/m1/s1. The molecule has 1 heterocycles. The Labute approximate surface area is 509 Å². The predicted molar refractivity (Wildman–Crippen MR) is 330 cm³/mol. The molecule has 31 nitrogen and oxygen atoms in total. The summed E-state index contributed by atoms with van der Waals surface area (Å²) in [7, 11) is 3.69. The number of non-ortho nitro benzene ring substituents is 1. The number of rotatable bonds is 42. The Balaban J connectivity index is 1.64. The number of anilines is 2. The monoisotopic (exact) mass is 1230 g/mol. The molecule has 0 radical (unpaired) electrons. The van der Waals surface area contributed by atoms with Crippen molar-refractivity contribution in [3.05, 3.63) is 78.7 Å². The predicted octanol–water partition coefficient (Wildman–Crippen LogP) is 1.80. The molecule has 0 aliphatic carbocycles. The molecule has 2 aromatic carbocycles. The van der Waals surface area contributed by atoms with Crippen molar-refractivity contribution in [2.24, 2.45) is 38.8 Å². The normalized spacial score (nSPS) is 13.0. The molecule has 0 saturated carbocycles. The first-order valence-corrected chi connectivity index (χ1v) is 29.1. The van der Waals surface area contributed by atoms with Gasteiger partial charge in [0.1, 0.15) is 46.8 Å². The van der Waals surface area contributed by atoms with E-state index in [1.165, 1.54) is 26.8 Å². The number of Topliss-reactive ketones (excluding diaryl/α,β-unsaturated/α-hetero) is 2. The molecular formula is C57H86N16O15. The third-order valence-corrected chi connectivity index (χ3v) is 13.9. The second-order valence-corrected chi connectivity index (χ2v) is 21.2. The van der Waals surface area contributed by atoms with Crippen LogP contribution in [0, 0.1) is 26.1 Å². The van der Waals surface area contributed by atoms with Gasteiger partial charge in [-0.1, -0.05) is 19.8 Å². The molecular weight excluding hydrogens is 1150 g/mol. The van der Waals surface area contributed by atoms with E-state index in [1.54, 1.807) is 12.1 Å². The minimum absolute atomic E-state index is 0.00697. The maximum absolute atomic E-state index is 14.0. The maximum Gasteiger partial charge on any atom is 0.349 e. The lowest BCUT2D eigenvalue weighted by atomic mass is 9.89. The van der Waals surface area contributed by atoms with E-state index in [-0.39, 0.29) is 112 Å². The van der Waals surface area contributed by atoms with Crippen molar-refractivity contribution in [1.82, 2.24) is 31.9 Å². The smallest absolute Gasteiger partial charge is 0.349 e. The molecule has 15 N–H and O–H groups in total. The van der Waals surface area contributed by atoms with Crippen LogP contribution in [0.15, 0.2) is 61.7 Å². The van der Waals surface area contributed by atoms with E-state index < -0.39 is 98.4 Å². The third kappa shape index (κ3) is 26.1. The van der Waals surface area contributed by atoms with E-state index in [0.29, 0.717) is 49.7 Å². The lowest BCUT2D eigenvalue weighted by Crippen LogP contribution is -2.57. The van der Waals surface area contributed by atoms with Crippen molar-refractivity contribution < 1.29 is 57.4 Å². The van der Waals surface area contributed by atoms with Gasteiger partial charge in [0.25, 0.3) is 17.3 Å². The third-order valence-electron chi connectivity index (χ3n) is 13.9. The Bertz CT molecular complexity index is 3020. The molecule has 1 aromatic heterocycles. The number of nitrogens with two attached hydrogens (primary N) is 4. The van der Waals surface area contributed by atoms with E-state index in [9.17, 15) is 63.4 Å². The molecule has 0 fully saturated rings. The molecule has 0 bridgehead atoms. The van der Waals surface area contributed by atoms with Crippen molar-refractivity contribution in [1.29, 1.82) is 0 Å². The molecule has 31 heteroatoms. The number of benzene rings is 2. The zero-order valence-corrected chi connectivity index (χ0v) is 50.8. The topological polar surface area (TPSA) is 479 Å². The number of guanidine groups is 2. The number of amides is 6. The summed E-state index contributed by atoms with van der Waals surface area (Å²) in [6, 6.07) is 3.51. The summed E-state index contributed by atoms with van der Waals surface area (Å²) in [6.07, 6.45) is 3.74. The summed E-state index contributed by atoms with van der Waals surface area (Å²) in [5, 5.41) is 42.3. The van der Waals surface area contributed by atoms with Crippen LogP contribution in [0.3, 0.4) is 0 Å². The highest BCUT2D eigenvalue weighted by atomic mass is 16.6. The summed E-state index contributed by atoms with van der Waals surface area (Å²) in [4.78, 5) is 151. The number of nitro groups is 2. The van der Waals surface area contributed by atoms with Gasteiger partial charge in [-0.15, -0.1) is 0 Å². The average molecular weight is 1240 g/mol. The SMILES string of the molecule is CCCCOCCC(=O)N[C@@H](CCCCNC(=O)C(C)NC(=O)C(CCCN=C(N)N)NC(=O)C(CCCN=C(N)N)NC(=O)C(C)Nc1ccc([N+](=O)[O-])cc1[N+](=O)[O-])C(=O)C[C@@H](CCCCNC(=O)c1cc2ccc(N(C)C)cc2oc1=O)C(C)=O. The number of hydrogen-bond acceptors (Lipinski definition) is 19. The summed E-state index contributed by atoms with van der Waals surface area (Å²) >= 11 is 0. The summed E-state index contributed by atoms with van der Waals surface area (Å²) in [5.74, 6) is -5.84. The minimum Gasteiger partial charge on any atom is -0.422 e. The first-order chi connectivity index (χ1) is 41.7. The van der Waals surface area contributed by atoms with Gasteiger partial charge in [0.05, 0.1) is 28.6 Å². The summed E-state index contributed by atoms with van der Waals surface area (Å²) in [6.45, 7) is 7.09. The molecule has 0 aliphatic heterocycles. The Hall–Kier alpha value is -9.29. The van der Waals surface area contributed by atoms with E-state index in [0.717, 1.165) is 36.7 Å². The second kappa shape index (κ2) is 38.0. The fourth-order valence-electron chi connectivity index (χ4n) is 8.81.